The Kier molecular flexibility index (Phi) is 1.83. The Balaban J connectivity index is 2.45. The zero-order valence-electron chi connectivity index (χ0n) is 8.71. The first-order chi connectivity index (χ1) is 7.78. The zero-order valence-corrected chi connectivity index (χ0v) is 8.71. The van der Waals surface area contributed by atoms with Crippen molar-refractivity contribution in [1.29, 1.82) is 0 Å². The standard InChI is InChI=1S/C12H9N3O/c1-7-5-13-12-9-4-8(6-16)15-10(9)2-3-11(12)14-7/h2-6,8H,1H3. The topological polar surface area (TPSA) is 55.2 Å². The van der Waals surface area contributed by atoms with Gasteiger partial charge in [-0.1, -0.05) is 0 Å². The molecule has 0 saturated heterocycles. The van der Waals surface area contributed by atoms with Gasteiger partial charge in [0, 0.05) is 11.4 Å². The van der Waals surface area contributed by atoms with E-state index in [4.69, 9.17) is 0 Å². The summed E-state index contributed by atoms with van der Waals surface area (Å²) in [5, 5.41) is 1.74. The third-order valence-electron chi connectivity index (χ3n) is 2.62. The van der Waals surface area contributed by atoms with Crippen LogP contribution in [0.15, 0.2) is 23.3 Å². The second-order valence-electron chi connectivity index (χ2n) is 3.80. The van der Waals surface area contributed by atoms with Crippen molar-refractivity contribution in [3.63, 3.8) is 0 Å². The molecule has 78 valence electrons. The highest BCUT2D eigenvalue weighted by Gasteiger charge is 2.10. The van der Waals surface area contributed by atoms with Gasteiger partial charge in [-0.05, 0) is 25.1 Å². The van der Waals surface area contributed by atoms with Crippen LogP contribution in [0.3, 0.4) is 0 Å². The molecule has 1 aromatic heterocycles. The van der Waals surface area contributed by atoms with E-state index in [1.807, 2.05) is 25.1 Å². The molecule has 4 heteroatoms. The second kappa shape index (κ2) is 3.20. The first kappa shape index (κ1) is 9.15. The van der Waals surface area contributed by atoms with Gasteiger partial charge < -0.3 is 4.79 Å². The van der Waals surface area contributed by atoms with E-state index in [-0.39, 0.29) is 6.04 Å². The van der Waals surface area contributed by atoms with Crippen LogP contribution in [-0.2, 0) is 4.79 Å². The lowest BCUT2D eigenvalue weighted by Crippen LogP contribution is -2.23. The fourth-order valence-electron chi connectivity index (χ4n) is 1.90. The van der Waals surface area contributed by atoms with E-state index in [1.54, 1.807) is 6.20 Å². The van der Waals surface area contributed by atoms with Crippen LogP contribution in [0.5, 0.6) is 0 Å². The van der Waals surface area contributed by atoms with E-state index >= 15 is 0 Å². The normalized spacial score (nSPS) is 17.7. The van der Waals surface area contributed by atoms with Crippen molar-refractivity contribution < 1.29 is 4.79 Å². The van der Waals surface area contributed by atoms with Gasteiger partial charge in [0.1, 0.15) is 12.3 Å². The third-order valence-corrected chi connectivity index (χ3v) is 2.62. The summed E-state index contributed by atoms with van der Waals surface area (Å²) in [7, 11) is 0. The molecule has 0 aliphatic carbocycles. The highest BCUT2D eigenvalue weighted by atomic mass is 16.1. The molecule has 2 heterocycles. The van der Waals surface area contributed by atoms with E-state index in [2.05, 4.69) is 15.0 Å². The van der Waals surface area contributed by atoms with Gasteiger partial charge in [0.05, 0.1) is 22.1 Å². The van der Waals surface area contributed by atoms with Crippen molar-refractivity contribution in [2.45, 2.75) is 13.0 Å². The summed E-state index contributed by atoms with van der Waals surface area (Å²) in [6.07, 6.45) is 4.38. The highest BCUT2D eigenvalue weighted by Crippen LogP contribution is 2.04. The fourth-order valence-corrected chi connectivity index (χ4v) is 1.90. The first-order valence-corrected chi connectivity index (χ1v) is 5.05. The number of hydrogen-bond acceptors (Lipinski definition) is 4. The van der Waals surface area contributed by atoms with Gasteiger partial charge in [-0.25, -0.2) is 4.98 Å². The Hall–Kier alpha value is -2.10. The number of aryl methyl sites for hydroxylation is 1. The number of carbonyl (C=O) groups is 1. The molecular weight excluding hydrogens is 202 g/mol. The van der Waals surface area contributed by atoms with Crippen molar-refractivity contribution in [1.82, 2.24) is 9.97 Å². The maximum atomic E-state index is 10.7. The van der Waals surface area contributed by atoms with Crippen molar-refractivity contribution in [3.8, 4) is 0 Å². The summed E-state index contributed by atoms with van der Waals surface area (Å²) < 4.78 is 0. The van der Waals surface area contributed by atoms with E-state index in [0.29, 0.717) is 0 Å². The van der Waals surface area contributed by atoms with E-state index in [9.17, 15) is 4.79 Å². The number of benzene rings is 1. The summed E-state index contributed by atoms with van der Waals surface area (Å²) in [4.78, 5) is 23.7. The molecule has 1 aliphatic rings. The van der Waals surface area contributed by atoms with Crippen LogP contribution in [0.2, 0.25) is 0 Å². The Labute approximate surface area is 91.4 Å². The van der Waals surface area contributed by atoms with Crippen molar-refractivity contribution >= 4 is 23.4 Å². The van der Waals surface area contributed by atoms with Gasteiger partial charge in [0.2, 0.25) is 0 Å². The van der Waals surface area contributed by atoms with Crippen LogP contribution < -0.4 is 10.6 Å². The van der Waals surface area contributed by atoms with E-state index in [1.165, 1.54) is 0 Å². The van der Waals surface area contributed by atoms with Gasteiger partial charge >= 0.3 is 0 Å². The lowest BCUT2D eigenvalue weighted by atomic mass is 10.2. The largest absolute Gasteiger partial charge is 0.301 e. The summed E-state index contributed by atoms with van der Waals surface area (Å²) >= 11 is 0. The number of aldehydes is 1. The predicted octanol–water partition coefficient (Wildman–Crippen LogP) is -0.0806. The smallest absolute Gasteiger partial charge is 0.148 e. The minimum Gasteiger partial charge on any atom is -0.301 e. The summed E-state index contributed by atoms with van der Waals surface area (Å²) in [6, 6.07) is 3.40. The van der Waals surface area contributed by atoms with Crippen molar-refractivity contribution in [2.75, 3.05) is 0 Å². The van der Waals surface area contributed by atoms with Crippen LogP contribution in [0.4, 0.5) is 0 Å². The van der Waals surface area contributed by atoms with E-state index < -0.39 is 0 Å². The molecule has 0 bridgehead atoms. The fraction of sp³-hybridized carbons (Fsp3) is 0.167. The SMILES string of the molecule is Cc1cnc2c3c(ccc2n1)=NC(C=O)C=3. The van der Waals surface area contributed by atoms with Gasteiger partial charge in [-0.2, -0.15) is 0 Å². The molecule has 0 spiro atoms. The quantitative estimate of drug-likeness (QED) is 0.620. The maximum Gasteiger partial charge on any atom is 0.148 e. The molecule has 0 radical (unpaired) electrons. The molecule has 0 fully saturated rings. The molecule has 4 nitrogen and oxygen atoms in total. The summed E-state index contributed by atoms with van der Waals surface area (Å²) in [5.41, 5.74) is 2.54. The number of carbonyl (C=O) groups excluding carboxylic acids is 1. The molecule has 1 atom stereocenters. The highest BCUT2D eigenvalue weighted by molar-refractivity contribution is 5.79. The summed E-state index contributed by atoms with van der Waals surface area (Å²) in [5.74, 6) is 0. The van der Waals surface area contributed by atoms with Crippen LogP contribution in [0.25, 0.3) is 17.1 Å². The lowest BCUT2D eigenvalue weighted by molar-refractivity contribution is -0.107. The Morgan fingerprint density at radius 3 is 3.06 bits per heavy atom. The van der Waals surface area contributed by atoms with Crippen LogP contribution in [0.1, 0.15) is 5.69 Å². The van der Waals surface area contributed by atoms with Gasteiger partial charge in [-0.15, -0.1) is 0 Å². The van der Waals surface area contributed by atoms with Crippen molar-refractivity contribution in [2.24, 2.45) is 4.99 Å². The first-order valence-electron chi connectivity index (χ1n) is 5.05. The Bertz CT molecular complexity index is 706. The molecule has 0 N–H and O–H groups in total. The molecule has 1 aromatic carbocycles. The number of hydrogen-bond donors (Lipinski definition) is 0. The predicted molar refractivity (Wildman–Crippen MR) is 59.4 cm³/mol. The number of rotatable bonds is 1. The van der Waals surface area contributed by atoms with Gasteiger partial charge in [-0.3, -0.25) is 9.98 Å². The molecule has 1 unspecified atom stereocenters. The van der Waals surface area contributed by atoms with Gasteiger partial charge in [0.15, 0.2) is 0 Å². The second-order valence-corrected chi connectivity index (χ2v) is 3.80. The molecule has 0 amide bonds. The number of nitrogens with zero attached hydrogens (tertiary/aromatic N) is 3. The summed E-state index contributed by atoms with van der Waals surface area (Å²) in [6.45, 7) is 1.90. The lowest BCUT2D eigenvalue weighted by Gasteiger charge is -1.97. The average Bonchev–Trinajstić information content (AvgIpc) is 2.71. The molecule has 0 saturated carbocycles. The van der Waals surface area contributed by atoms with Crippen LogP contribution >= 0.6 is 0 Å². The number of aromatic nitrogens is 2. The van der Waals surface area contributed by atoms with Crippen LogP contribution in [0, 0.1) is 6.92 Å². The zero-order chi connectivity index (χ0) is 11.1. The third kappa shape index (κ3) is 1.23. The molecule has 16 heavy (non-hydrogen) atoms. The van der Waals surface area contributed by atoms with Crippen LogP contribution in [-0.4, -0.2) is 22.3 Å². The average molecular weight is 211 g/mol. The minimum absolute atomic E-state index is 0.372. The maximum absolute atomic E-state index is 10.7. The van der Waals surface area contributed by atoms with Gasteiger partial charge in [0.25, 0.3) is 0 Å². The molecule has 2 aromatic rings. The Morgan fingerprint density at radius 1 is 1.38 bits per heavy atom. The Morgan fingerprint density at radius 2 is 2.25 bits per heavy atom. The monoisotopic (exact) mass is 211 g/mol. The van der Waals surface area contributed by atoms with E-state index in [0.717, 1.165) is 33.6 Å². The molecule has 1 aliphatic heterocycles. The minimum atomic E-state index is -0.372. The van der Waals surface area contributed by atoms with Crippen molar-refractivity contribution in [3.05, 3.63) is 34.6 Å². The molecular formula is C12H9N3O. The number of fused-ring (bicyclic) bond motifs is 3. The molecule has 3 rings (SSSR count).